The lowest BCUT2D eigenvalue weighted by Crippen LogP contribution is -2.52. The molecule has 2 aromatic carbocycles. The molecule has 2 saturated heterocycles. The molecule has 0 N–H and O–H groups in total. The molecular weight excluding hydrogens is 310 g/mol. The largest absolute Gasteiger partial charge is 0.336 e. The van der Waals surface area contributed by atoms with Crippen molar-refractivity contribution in [2.24, 2.45) is 0 Å². The van der Waals surface area contributed by atoms with E-state index >= 15 is 0 Å². The van der Waals surface area contributed by atoms with Crippen LogP contribution in [0.3, 0.4) is 0 Å². The standard InChI is InChI=1S/C21H21N3O/c22-14-16-3-1-4-19(13-16)17-6-8-18(9-7-17)21(25)24-12-11-23-10-2-5-20(23)15-24/h1,3-4,6-9,13,20H,2,5,10-12,15H2/t20-/m0/s1. The Balaban J connectivity index is 1.50. The van der Waals surface area contributed by atoms with Crippen molar-refractivity contribution in [2.75, 3.05) is 26.2 Å². The third kappa shape index (κ3) is 3.16. The van der Waals surface area contributed by atoms with Gasteiger partial charge < -0.3 is 4.90 Å². The first-order valence-electron chi connectivity index (χ1n) is 8.88. The van der Waals surface area contributed by atoms with Crippen LogP contribution < -0.4 is 0 Å². The van der Waals surface area contributed by atoms with Gasteiger partial charge in [-0.15, -0.1) is 0 Å². The maximum atomic E-state index is 12.8. The number of hydrogen-bond acceptors (Lipinski definition) is 3. The van der Waals surface area contributed by atoms with Crippen molar-refractivity contribution in [1.29, 1.82) is 5.26 Å². The van der Waals surface area contributed by atoms with Crippen LogP contribution in [0.4, 0.5) is 0 Å². The molecule has 0 saturated carbocycles. The molecule has 1 amide bonds. The van der Waals surface area contributed by atoms with E-state index in [0.29, 0.717) is 11.6 Å². The third-order valence-electron chi connectivity index (χ3n) is 5.33. The third-order valence-corrected chi connectivity index (χ3v) is 5.33. The molecule has 0 unspecified atom stereocenters. The molecule has 2 aliphatic rings. The molecular formula is C21H21N3O. The van der Waals surface area contributed by atoms with Crippen LogP contribution in [0, 0.1) is 11.3 Å². The molecule has 0 spiro atoms. The summed E-state index contributed by atoms with van der Waals surface area (Å²) in [6.45, 7) is 3.85. The molecule has 2 aliphatic heterocycles. The van der Waals surface area contributed by atoms with E-state index in [9.17, 15) is 4.79 Å². The molecule has 4 nitrogen and oxygen atoms in total. The average Bonchev–Trinajstić information content (AvgIpc) is 3.15. The van der Waals surface area contributed by atoms with E-state index < -0.39 is 0 Å². The van der Waals surface area contributed by atoms with Gasteiger partial charge in [0, 0.05) is 31.2 Å². The zero-order valence-corrected chi connectivity index (χ0v) is 14.2. The second kappa shape index (κ2) is 6.70. The summed E-state index contributed by atoms with van der Waals surface area (Å²) in [5.74, 6) is 0.129. The average molecular weight is 331 g/mol. The lowest BCUT2D eigenvalue weighted by atomic mass is 10.0. The van der Waals surface area contributed by atoms with Crippen LogP contribution in [-0.4, -0.2) is 47.9 Å². The van der Waals surface area contributed by atoms with Crippen LogP contribution in [0.15, 0.2) is 48.5 Å². The normalized spacial score (nSPS) is 20.1. The van der Waals surface area contributed by atoms with Gasteiger partial charge >= 0.3 is 0 Å². The molecule has 0 bridgehead atoms. The number of hydrogen-bond donors (Lipinski definition) is 0. The minimum atomic E-state index is 0.129. The van der Waals surface area contributed by atoms with Crippen molar-refractivity contribution in [1.82, 2.24) is 9.80 Å². The van der Waals surface area contributed by atoms with E-state index in [-0.39, 0.29) is 5.91 Å². The maximum Gasteiger partial charge on any atom is 0.253 e. The Hall–Kier alpha value is -2.64. The Morgan fingerprint density at radius 1 is 1.04 bits per heavy atom. The van der Waals surface area contributed by atoms with Crippen molar-refractivity contribution in [2.45, 2.75) is 18.9 Å². The Morgan fingerprint density at radius 2 is 1.88 bits per heavy atom. The Labute approximate surface area is 148 Å². The van der Waals surface area contributed by atoms with E-state index in [1.807, 2.05) is 47.4 Å². The summed E-state index contributed by atoms with van der Waals surface area (Å²) >= 11 is 0. The number of benzene rings is 2. The summed E-state index contributed by atoms with van der Waals surface area (Å²) in [4.78, 5) is 17.3. The van der Waals surface area contributed by atoms with Gasteiger partial charge in [0.05, 0.1) is 11.6 Å². The monoisotopic (exact) mass is 331 g/mol. The zero-order chi connectivity index (χ0) is 17.2. The highest BCUT2D eigenvalue weighted by atomic mass is 16.2. The number of carbonyl (C=O) groups excluding carboxylic acids is 1. The van der Waals surface area contributed by atoms with E-state index in [4.69, 9.17) is 5.26 Å². The number of carbonyl (C=O) groups is 1. The zero-order valence-electron chi connectivity index (χ0n) is 14.2. The molecule has 0 aromatic heterocycles. The summed E-state index contributed by atoms with van der Waals surface area (Å²) in [5, 5.41) is 9.03. The first-order chi connectivity index (χ1) is 12.2. The number of piperazine rings is 1. The smallest absolute Gasteiger partial charge is 0.253 e. The van der Waals surface area contributed by atoms with E-state index in [2.05, 4.69) is 11.0 Å². The molecule has 0 aliphatic carbocycles. The van der Waals surface area contributed by atoms with Crippen LogP contribution in [0.25, 0.3) is 11.1 Å². The minimum Gasteiger partial charge on any atom is -0.336 e. The van der Waals surface area contributed by atoms with Crippen LogP contribution in [0.2, 0.25) is 0 Å². The molecule has 25 heavy (non-hydrogen) atoms. The molecule has 2 aromatic rings. The van der Waals surface area contributed by atoms with Crippen LogP contribution in [0.5, 0.6) is 0 Å². The van der Waals surface area contributed by atoms with Gasteiger partial charge in [0.2, 0.25) is 0 Å². The minimum absolute atomic E-state index is 0.129. The molecule has 0 radical (unpaired) electrons. The molecule has 4 heteroatoms. The number of nitriles is 1. The number of fused-ring (bicyclic) bond motifs is 1. The molecule has 126 valence electrons. The summed E-state index contributed by atoms with van der Waals surface area (Å²) in [5.41, 5.74) is 3.41. The van der Waals surface area contributed by atoms with Gasteiger partial charge in [0.1, 0.15) is 0 Å². The predicted molar refractivity (Wildman–Crippen MR) is 97.1 cm³/mol. The molecule has 4 rings (SSSR count). The second-order valence-electron chi connectivity index (χ2n) is 6.85. The van der Waals surface area contributed by atoms with Gasteiger partial charge in [-0.2, -0.15) is 5.26 Å². The molecule has 2 heterocycles. The van der Waals surface area contributed by atoms with E-state index in [0.717, 1.165) is 36.3 Å². The second-order valence-corrected chi connectivity index (χ2v) is 6.85. The van der Waals surface area contributed by atoms with E-state index in [1.54, 1.807) is 6.07 Å². The van der Waals surface area contributed by atoms with Crippen LogP contribution in [-0.2, 0) is 0 Å². The number of nitrogens with zero attached hydrogens (tertiary/aromatic N) is 3. The highest BCUT2D eigenvalue weighted by molar-refractivity contribution is 5.94. The van der Waals surface area contributed by atoms with Crippen molar-refractivity contribution in [3.63, 3.8) is 0 Å². The summed E-state index contributed by atoms with van der Waals surface area (Å²) in [6, 6.07) is 18.0. The van der Waals surface area contributed by atoms with E-state index in [1.165, 1.54) is 19.4 Å². The highest BCUT2D eigenvalue weighted by Gasteiger charge is 2.32. The van der Waals surface area contributed by atoms with Gasteiger partial charge in [0.15, 0.2) is 0 Å². The highest BCUT2D eigenvalue weighted by Crippen LogP contribution is 2.24. The molecule has 2 fully saturated rings. The van der Waals surface area contributed by atoms with Gasteiger partial charge in [-0.25, -0.2) is 0 Å². The quantitative estimate of drug-likeness (QED) is 0.849. The van der Waals surface area contributed by atoms with Crippen LogP contribution >= 0.6 is 0 Å². The molecule has 1 atom stereocenters. The van der Waals surface area contributed by atoms with Crippen molar-refractivity contribution < 1.29 is 4.79 Å². The van der Waals surface area contributed by atoms with Gasteiger partial charge in [-0.05, 0) is 54.8 Å². The number of amides is 1. The lowest BCUT2D eigenvalue weighted by molar-refractivity contribution is 0.0571. The maximum absolute atomic E-state index is 12.8. The van der Waals surface area contributed by atoms with Gasteiger partial charge in [-0.1, -0.05) is 24.3 Å². The SMILES string of the molecule is N#Cc1cccc(-c2ccc(C(=O)N3CCN4CCC[C@H]4C3)cc2)c1. The summed E-state index contributed by atoms with van der Waals surface area (Å²) in [7, 11) is 0. The van der Waals surface area contributed by atoms with Gasteiger partial charge in [0.25, 0.3) is 5.91 Å². The van der Waals surface area contributed by atoms with Crippen LogP contribution in [0.1, 0.15) is 28.8 Å². The summed E-state index contributed by atoms with van der Waals surface area (Å²) < 4.78 is 0. The fourth-order valence-corrected chi connectivity index (χ4v) is 3.93. The van der Waals surface area contributed by atoms with Crippen molar-refractivity contribution in [3.8, 4) is 17.2 Å². The van der Waals surface area contributed by atoms with Crippen molar-refractivity contribution >= 4 is 5.91 Å². The lowest BCUT2D eigenvalue weighted by Gasteiger charge is -2.37. The topological polar surface area (TPSA) is 47.3 Å². The fraction of sp³-hybridized carbons (Fsp3) is 0.333. The Kier molecular flexibility index (Phi) is 4.25. The Morgan fingerprint density at radius 3 is 2.68 bits per heavy atom. The Bertz CT molecular complexity index is 822. The van der Waals surface area contributed by atoms with Crippen molar-refractivity contribution in [3.05, 3.63) is 59.7 Å². The first-order valence-corrected chi connectivity index (χ1v) is 8.88. The van der Waals surface area contributed by atoms with Gasteiger partial charge in [-0.3, -0.25) is 9.69 Å². The number of rotatable bonds is 2. The predicted octanol–water partition coefficient (Wildman–Crippen LogP) is 3.15. The first kappa shape index (κ1) is 15.9. The fourth-order valence-electron chi connectivity index (χ4n) is 3.93. The summed E-state index contributed by atoms with van der Waals surface area (Å²) in [6.07, 6.45) is 2.46.